The van der Waals surface area contributed by atoms with Crippen molar-refractivity contribution in [2.45, 2.75) is 41.0 Å². The molecule has 0 aliphatic carbocycles. The average molecular weight is 508 g/mol. The second-order valence-electron chi connectivity index (χ2n) is 6.97. The Kier molecular flexibility index (Phi) is 6.83. The molecule has 0 spiro atoms. The third-order valence-electron chi connectivity index (χ3n) is 5.01. The number of carbonyl (C=O) groups is 1. The molecule has 2 N–H and O–H groups in total. The standard InChI is InChI=1S/C20H18BrN3O6S/c21-11-6-7-12(18(26)27)14(8-11)31-20-16(25)15(23-24-22)17-13(29-20)9-28-19(30-17)10-4-2-1-3-5-10/h1-8,13,15-17,19-20,25H,9H2,(H,26,27)/t13?,15-,16?,17+,19?,20-/m1/s1. The van der Waals surface area contributed by atoms with Crippen LogP contribution in [0.4, 0.5) is 0 Å². The molecule has 0 saturated carbocycles. The van der Waals surface area contributed by atoms with Crippen LogP contribution in [0.5, 0.6) is 0 Å². The van der Waals surface area contributed by atoms with Crippen LogP contribution in [0.2, 0.25) is 0 Å². The summed E-state index contributed by atoms with van der Waals surface area (Å²) >= 11 is 4.38. The molecule has 2 aliphatic rings. The van der Waals surface area contributed by atoms with Crippen LogP contribution in [0.15, 0.2) is 63.0 Å². The summed E-state index contributed by atoms with van der Waals surface area (Å²) in [5.41, 5.74) is 9.06. The molecule has 0 aromatic heterocycles. The number of azide groups is 1. The predicted octanol–water partition coefficient (Wildman–Crippen LogP) is 4.12. The van der Waals surface area contributed by atoms with Crippen LogP contribution >= 0.6 is 27.7 Å². The highest BCUT2D eigenvalue weighted by Gasteiger charge is 2.49. The molecule has 4 rings (SSSR count). The lowest BCUT2D eigenvalue weighted by molar-refractivity contribution is -0.297. The zero-order valence-electron chi connectivity index (χ0n) is 15.9. The van der Waals surface area contributed by atoms with Gasteiger partial charge in [0, 0.05) is 19.8 Å². The molecule has 2 aliphatic heterocycles. The van der Waals surface area contributed by atoms with E-state index < -0.39 is 42.0 Å². The van der Waals surface area contributed by atoms with E-state index >= 15 is 0 Å². The number of halogens is 1. The van der Waals surface area contributed by atoms with Gasteiger partial charge in [0.1, 0.15) is 23.7 Å². The molecule has 6 atom stereocenters. The number of carboxylic acids is 1. The summed E-state index contributed by atoms with van der Waals surface area (Å²) in [5.74, 6) is -1.10. The number of fused-ring (bicyclic) bond motifs is 1. The Bertz CT molecular complexity index is 1010. The summed E-state index contributed by atoms with van der Waals surface area (Å²) < 4.78 is 18.5. The van der Waals surface area contributed by atoms with Crippen molar-refractivity contribution in [2.75, 3.05) is 6.61 Å². The Morgan fingerprint density at radius 2 is 2.00 bits per heavy atom. The van der Waals surface area contributed by atoms with Gasteiger partial charge in [0.05, 0.1) is 18.2 Å². The molecular formula is C20H18BrN3O6S. The Morgan fingerprint density at radius 1 is 1.23 bits per heavy atom. The third-order valence-corrected chi connectivity index (χ3v) is 6.71. The monoisotopic (exact) mass is 507 g/mol. The van der Waals surface area contributed by atoms with E-state index in [0.29, 0.717) is 9.37 Å². The number of ether oxygens (including phenoxy) is 3. The minimum absolute atomic E-state index is 0.0757. The van der Waals surface area contributed by atoms with Gasteiger partial charge < -0.3 is 24.4 Å². The molecule has 162 valence electrons. The van der Waals surface area contributed by atoms with Gasteiger partial charge in [-0.05, 0) is 23.7 Å². The lowest BCUT2D eigenvalue weighted by atomic mass is 9.97. The summed E-state index contributed by atoms with van der Waals surface area (Å²) in [6, 6.07) is 13.1. The van der Waals surface area contributed by atoms with Crippen LogP contribution in [-0.2, 0) is 14.2 Å². The molecule has 3 unspecified atom stereocenters. The first-order valence-electron chi connectivity index (χ1n) is 9.37. The minimum Gasteiger partial charge on any atom is -0.478 e. The maximum Gasteiger partial charge on any atom is 0.336 e. The third kappa shape index (κ3) is 4.73. The maximum absolute atomic E-state index is 11.6. The summed E-state index contributed by atoms with van der Waals surface area (Å²) in [6.07, 6.45) is -3.22. The van der Waals surface area contributed by atoms with E-state index in [4.69, 9.17) is 19.7 Å². The number of rotatable bonds is 5. The maximum atomic E-state index is 11.6. The van der Waals surface area contributed by atoms with Crippen LogP contribution in [0.25, 0.3) is 10.4 Å². The molecule has 31 heavy (non-hydrogen) atoms. The molecule has 0 amide bonds. The smallest absolute Gasteiger partial charge is 0.336 e. The molecule has 11 heteroatoms. The van der Waals surface area contributed by atoms with Crippen molar-refractivity contribution in [1.82, 2.24) is 0 Å². The second-order valence-corrected chi connectivity index (χ2v) is 9.02. The highest BCUT2D eigenvalue weighted by Crippen LogP contribution is 2.41. The molecular weight excluding hydrogens is 490 g/mol. The Hall–Kier alpha value is -2.11. The number of hydrogen-bond donors (Lipinski definition) is 2. The first-order chi connectivity index (χ1) is 15.0. The van der Waals surface area contributed by atoms with E-state index in [-0.39, 0.29) is 12.2 Å². The van der Waals surface area contributed by atoms with Crippen molar-refractivity contribution in [3.8, 4) is 0 Å². The van der Waals surface area contributed by atoms with Gasteiger partial charge in [-0.25, -0.2) is 4.79 Å². The van der Waals surface area contributed by atoms with Gasteiger partial charge in [0.15, 0.2) is 6.29 Å². The lowest BCUT2D eigenvalue weighted by Gasteiger charge is -2.46. The van der Waals surface area contributed by atoms with E-state index in [1.54, 1.807) is 12.1 Å². The van der Waals surface area contributed by atoms with E-state index in [2.05, 4.69) is 26.0 Å². The Balaban J connectivity index is 1.58. The van der Waals surface area contributed by atoms with Gasteiger partial charge in [-0.1, -0.05) is 63.1 Å². The highest BCUT2D eigenvalue weighted by atomic mass is 79.9. The number of aromatic carboxylic acids is 1. The van der Waals surface area contributed by atoms with Crippen molar-refractivity contribution < 1.29 is 29.2 Å². The zero-order valence-corrected chi connectivity index (χ0v) is 18.3. The van der Waals surface area contributed by atoms with Crippen LogP contribution < -0.4 is 0 Å². The van der Waals surface area contributed by atoms with E-state index in [1.807, 2.05) is 30.3 Å². The molecule has 2 aromatic rings. The van der Waals surface area contributed by atoms with Crippen molar-refractivity contribution >= 4 is 33.7 Å². The molecule has 2 saturated heterocycles. The van der Waals surface area contributed by atoms with E-state index in [0.717, 1.165) is 17.3 Å². The summed E-state index contributed by atoms with van der Waals surface area (Å²) in [4.78, 5) is 14.9. The zero-order chi connectivity index (χ0) is 22.0. The molecule has 2 heterocycles. The SMILES string of the molecule is [N-]=[N+]=N[C@@H]1C(O)[C@@H](Sc2cc(Br)ccc2C(=O)O)OC2COC(c3ccccc3)O[C@@H]21. The number of thioether (sulfide) groups is 1. The fourth-order valence-electron chi connectivity index (χ4n) is 3.54. The van der Waals surface area contributed by atoms with E-state index in [1.165, 1.54) is 6.07 Å². The fourth-order valence-corrected chi connectivity index (χ4v) is 5.28. The van der Waals surface area contributed by atoms with Gasteiger partial charge in [-0.15, -0.1) is 0 Å². The van der Waals surface area contributed by atoms with Crippen LogP contribution in [0, 0.1) is 0 Å². The molecule has 9 nitrogen and oxygen atoms in total. The van der Waals surface area contributed by atoms with Gasteiger partial charge in [-0.3, -0.25) is 0 Å². The number of benzene rings is 2. The number of nitrogens with zero attached hydrogens (tertiary/aromatic N) is 3. The normalized spacial score (nSPS) is 30.1. The number of aliphatic hydroxyl groups excluding tert-OH is 1. The van der Waals surface area contributed by atoms with Gasteiger partial charge in [-0.2, -0.15) is 0 Å². The number of aliphatic hydroxyl groups is 1. The lowest BCUT2D eigenvalue weighted by Crippen LogP contribution is -2.60. The van der Waals surface area contributed by atoms with Gasteiger partial charge in [0.2, 0.25) is 0 Å². The van der Waals surface area contributed by atoms with E-state index in [9.17, 15) is 15.0 Å². The summed E-state index contributed by atoms with van der Waals surface area (Å²) in [7, 11) is 0. The molecule has 0 radical (unpaired) electrons. The quantitative estimate of drug-likeness (QED) is 0.353. The molecule has 2 fully saturated rings. The average Bonchev–Trinajstić information content (AvgIpc) is 2.77. The topological polar surface area (TPSA) is 134 Å². The highest BCUT2D eigenvalue weighted by molar-refractivity contribution is 9.10. The van der Waals surface area contributed by atoms with Crippen LogP contribution in [-0.4, -0.2) is 52.6 Å². The molecule has 0 bridgehead atoms. The summed E-state index contributed by atoms with van der Waals surface area (Å²) in [6.45, 7) is 0.162. The van der Waals surface area contributed by atoms with Crippen molar-refractivity contribution in [3.63, 3.8) is 0 Å². The Morgan fingerprint density at radius 3 is 2.71 bits per heavy atom. The second kappa shape index (κ2) is 9.58. The Labute approximate surface area is 190 Å². The van der Waals surface area contributed by atoms with Crippen LogP contribution in [0.1, 0.15) is 22.2 Å². The minimum atomic E-state index is -1.22. The summed E-state index contributed by atoms with van der Waals surface area (Å²) in [5, 5.41) is 24.2. The fraction of sp³-hybridized carbons (Fsp3) is 0.350. The van der Waals surface area contributed by atoms with Crippen molar-refractivity contribution in [2.24, 2.45) is 5.11 Å². The molecule has 2 aromatic carbocycles. The van der Waals surface area contributed by atoms with Crippen molar-refractivity contribution in [1.29, 1.82) is 0 Å². The van der Waals surface area contributed by atoms with Crippen LogP contribution in [0.3, 0.4) is 0 Å². The first kappa shape index (κ1) is 22.1. The van der Waals surface area contributed by atoms with Gasteiger partial charge in [0.25, 0.3) is 0 Å². The largest absolute Gasteiger partial charge is 0.478 e. The number of carboxylic acid groups (broad SMARTS) is 1. The predicted molar refractivity (Wildman–Crippen MR) is 115 cm³/mol. The first-order valence-corrected chi connectivity index (χ1v) is 11.0. The number of hydrogen-bond acceptors (Lipinski definition) is 7. The van der Waals surface area contributed by atoms with Gasteiger partial charge >= 0.3 is 5.97 Å². The van der Waals surface area contributed by atoms with Crippen molar-refractivity contribution in [3.05, 3.63) is 74.6 Å².